The van der Waals surface area contributed by atoms with E-state index >= 15 is 0 Å². The molecule has 1 atom stereocenters. The van der Waals surface area contributed by atoms with Crippen molar-refractivity contribution in [1.82, 2.24) is 19.7 Å². The minimum absolute atomic E-state index is 0.0835. The molecule has 3 heterocycles. The van der Waals surface area contributed by atoms with E-state index in [0.29, 0.717) is 25.3 Å². The first kappa shape index (κ1) is 23.2. The first-order valence-corrected chi connectivity index (χ1v) is 12.4. The van der Waals surface area contributed by atoms with E-state index in [9.17, 15) is 9.59 Å². The summed E-state index contributed by atoms with van der Waals surface area (Å²) in [6.07, 6.45) is 2.99. The van der Waals surface area contributed by atoms with Gasteiger partial charge in [0, 0.05) is 32.4 Å². The van der Waals surface area contributed by atoms with E-state index in [2.05, 4.69) is 41.1 Å². The number of carbonyl (C=O) groups is 2. The number of aromatic nitrogens is 1. The van der Waals surface area contributed by atoms with Crippen molar-refractivity contribution < 1.29 is 9.59 Å². The Kier molecular flexibility index (Phi) is 6.64. The van der Waals surface area contributed by atoms with Gasteiger partial charge in [-0.3, -0.25) is 14.7 Å². The molecule has 0 unspecified atom stereocenters. The molecular formula is C29H32N4O2. The van der Waals surface area contributed by atoms with Crippen molar-refractivity contribution in [2.45, 2.75) is 44.3 Å². The third-order valence-corrected chi connectivity index (χ3v) is 7.44. The molecule has 35 heavy (non-hydrogen) atoms. The molecule has 6 nitrogen and oxygen atoms in total. The fraction of sp³-hybridized carbons (Fsp3) is 0.345. The lowest BCUT2D eigenvalue weighted by molar-refractivity contribution is -0.136. The number of benzene rings is 2. The molecule has 2 fully saturated rings. The highest BCUT2D eigenvalue weighted by atomic mass is 16.2. The van der Waals surface area contributed by atoms with Gasteiger partial charge in [0.2, 0.25) is 0 Å². The molecule has 0 saturated carbocycles. The molecule has 1 aromatic heterocycles. The van der Waals surface area contributed by atoms with Crippen LogP contribution in [0.15, 0.2) is 85.1 Å². The normalized spacial score (nSPS) is 18.9. The van der Waals surface area contributed by atoms with Crippen LogP contribution in [0.1, 0.15) is 42.5 Å². The SMILES string of the molecule is C[C@@H](CN1CCC2(CC1)C(=O)N(Cc1ccccn1)C(=O)N2Cc1ccccc1)c1ccccc1. The maximum absolute atomic E-state index is 13.9. The number of urea groups is 1. The Balaban J connectivity index is 1.35. The van der Waals surface area contributed by atoms with Crippen LogP contribution in [0.5, 0.6) is 0 Å². The standard InChI is InChI=1S/C29H32N4O2/c1-23(25-12-6-3-7-13-25)20-31-18-15-29(16-19-31)27(34)32(22-26-14-8-9-17-30-26)28(35)33(29)21-24-10-4-2-5-11-24/h2-14,17,23H,15-16,18-22H2,1H3/t23-/m0/s1. The Morgan fingerprint density at radius 3 is 2.17 bits per heavy atom. The van der Waals surface area contributed by atoms with Crippen molar-refractivity contribution in [3.05, 3.63) is 102 Å². The monoisotopic (exact) mass is 468 g/mol. The highest BCUT2D eigenvalue weighted by molar-refractivity contribution is 6.07. The third-order valence-electron chi connectivity index (χ3n) is 7.44. The summed E-state index contributed by atoms with van der Waals surface area (Å²) < 4.78 is 0. The van der Waals surface area contributed by atoms with Crippen molar-refractivity contribution in [2.24, 2.45) is 0 Å². The zero-order chi connectivity index (χ0) is 24.3. The Labute approximate surface area is 207 Å². The maximum atomic E-state index is 13.9. The number of carbonyl (C=O) groups excluding carboxylic acids is 2. The van der Waals surface area contributed by atoms with Gasteiger partial charge in [0.25, 0.3) is 5.91 Å². The third kappa shape index (κ3) is 4.71. The predicted octanol–water partition coefficient (Wildman–Crippen LogP) is 4.68. The van der Waals surface area contributed by atoms with Crippen molar-refractivity contribution in [3.8, 4) is 0 Å². The van der Waals surface area contributed by atoms with E-state index in [4.69, 9.17) is 0 Å². The molecule has 3 aromatic rings. The van der Waals surface area contributed by atoms with Crippen LogP contribution in [-0.2, 0) is 17.9 Å². The molecule has 0 aliphatic carbocycles. The number of rotatable bonds is 7. The predicted molar refractivity (Wildman–Crippen MR) is 135 cm³/mol. The Hall–Kier alpha value is -3.51. The summed E-state index contributed by atoms with van der Waals surface area (Å²) in [5.41, 5.74) is 2.29. The zero-order valence-corrected chi connectivity index (χ0v) is 20.2. The lowest BCUT2D eigenvalue weighted by Crippen LogP contribution is -2.56. The molecule has 0 radical (unpaired) electrons. The fourth-order valence-corrected chi connectivity index (χ4v) is 5.42. The average molecular weight is 469 g/mol. The molecule has 1 spiro atoms. The zero-order valence-electron chi connectivity index (χ0n) is 20.2. The number of imide groups is 1. The first-order chi connectivity index (χ1) is 17.1. The Morgan fingerprint density at radius 1 is 0.857 bits per heavy atom. The maximum Gasteiger partial charge on any atom is 0.328 e. The van der Waals surface area contributed by atoms with E-state index < -0.39 is 5.54 Å². The van der Waals surface area contributed by atoms with E-state index in [1.807, 2.05) is 59.5 Å². The van der Waals surface area contributed by atoms with E-state index in [-0.39, 0.29) is 18.5 Å². The topological polar surface area (TPSA) is 56.8 Å². The first-order valence-electron chi connectivity index (χ1n) is 12.4. The van der Waals surface area contributed by atoms with Gasteiger partial charge in [-0.25, -0.2) is 4.79 Å². The molecule has 0 N–H and O–H groups in total. The van der Waals surface area contributed by atoms with Crippen molar-refractivity contribution in [3.63, 3.8) is 0 Å². The van der Waals surface area contributed by atoms with Crippen LogP contribution in [0.2, 0.25) is 0 Å². The van der Waals surface area contributed by atoms with Gasteiger partial charge in [0.05, 0.1) is 12.2 Å². The van der Waals surface area contributed by atoms with Gasteiger partial charge in [0.1, 0.15) is 5.54 Å². The molecule has 2 aliphatic rings. The highest BCUT2D eigenvalue weighted by Crippen LogP contribution is 2.39. The molecule has 3 amide bonds. The van der Waals surface area contributed by atoms with Gasteiger partial charge in [-0.05, 0) is 42.0 Å². The largest absolute Gasteiger partial charge is 0.328 e. The molecule has 2 saturated heterocycles. The summed E-state index contributed by atoms with van der Waals surface area (Å²) in [4.78, 5) is 37.5. The quantitative estimate of drug-likeness (QED) is 0.473. The van der Waals surface area contributed by atoms with Gasteiger partial charge in [-0.1, -0.05) is 73.7 Å². The number of amides is 3. The van der Waals surface area contributed by atoms with Gasteiger partial charge in [-0.2, -0.15) is 0 Å². The summed E-state index contributed by atoms with van der Waals surface area (Å²) in [6, 6.07) is 25.9. The van der Waals surface area contributed by atoms with Crippen LogP contribution in [0.3, 0.4) is 0 Å². The second-order valence-electron chi connectivity index (χ2n) is 9.71. The van der Waals surface area contributed by atoms with E-state index in [1.54, 1.807) is 6.20 Å². The van der Waals surface area contributed by atoms with Gasteiger partial charge < -0.3 is 9.80 Å². The van der Waals surface area contributed by atoms with Gasteiger partial charge in [0.15, 0.2) is 0 Å². The molecule has 2 aromatic carbocycles. The number of pyridine rings is 1. The number of hydrogen-bond acceptors (Lipinski definition) is 4. The molecule has 2 aliphatic heterocycles. The van der Waals surface area contributed by atoms with Crippen molar-refractivity contribution >= 4 is 11.9 Å². The summed E-state index contributed by atoms with van der Waals surface area (Å²) in [5, 5.41) is 0. The Bertz CT molecular complexity index is 1150. The smallest absolute Gasteiger partial charge is 0.305 e. The molecule has 6 heteroatoms. The lowest BCUT2D eigenvalue weighted by atomic mass is 9.85. The van der Waals surface area contributed by atoms with Crippen LogP contribution in [0, 0.1) is 0 Å². The lowest BCUT2D eigenvalue weighted by Gasteiger charge is -2.43. The van der Waals surface area contributed by atoms with Crippen LogP contribution in [-0.4, -0.2) is 56.8 Å². The minimum atomic E-state index is -0.797. The van der Waals surface area contributed by atoms with Crippen LogP contribution in [0.25, 0.3) is 0 Å². The molecule has 5 rings (SSSR count). The Morgan fingerprint density at radius 2 is 1.51 bits per heavy atom. The van der Waals surface area contributed by atoms with Crippen LogP contribution in [0.4, 0.5) is 4.79 Å². The number of hydrogen-bond donors (Lipinski definition) is 0. The second kappa shape index (κ2) is 10.0. The summed E-state index contributed by atoms with van der Waals surface area (Å²) in [7, 11) is 0. The van der Waals surface area contributed by atoms with Crippen molar-refractivity contribution in [2.75, 3.05) is 19.6 Å². The fourth-order valence-electron chi connectivity index (χ4n) is 5.42. The highest BCUT2D eigenvalue weighted by Gasteiger charge is 2.57. The molecular weight excluding hydrogens is 436 g/mol. The van der Waals surface area contributed by atoms with Crippen LogP contribution >= 0.6 is 0 Å². The molecule has 0 bridgehead atoms. The summed E-state index contributed by atoms with van der Waals surface area (Å²) >= 11 is 0. The number of piperidine rings is 1. The molecule has 180 valence electrons. The van der Waals surface area contributed by atoms with Crippen molar-refractivity contribution in [1.29, 1.82) is 0 Å². The van der Waals surface area contributed by atoms with E-state index in [0.717, 1.165) is 30.9 Å². The van der Waals surface area contributed by atoms with Crippen LogP contribution < -0.4 is 0 Å². The van der Waals surface area contributed by atoms with Gasteiger partial charge >= 0.3 is 6.03 Å². The van der Waals surface area contributed by atoms with Gasteiger partial charge in [-0.15, -0.1) is 0 Å². The summed E-state index contributed by atoms with van der Waals surface area (Å²) in [6.45, 7) is 5.42. The minimum Gasteiger partial charge on any atom is -0.305 e. The number of likely N-dealkylation sites (tertiary alicyclic amines) is 1. The van der Waals surface area contributed by atoms with E-state index in [1.165, 1.54) is 10.5 Å². The number of nitrogens with zero attached hydrogens (tertiary/aromatic N) is 4. The second-order valence-corrected chi connectivity index (χ2v) is 9.71. The average Bonchev–Trinajstić information content (AvgIpc) is 3.08. The summed E-state index contributed by atoms with van der Waals surface area (Å²) in [5.74, 6) is 0.326.